The average molecular weight is 296 g/mol. The molecular weight excluding hydrogens is 264 g/mol. The van der Waals surface area contributed by atoms with Crippen LogP contribution < -0.4 is 0 Å². The summed E-state index contributed by atoms with van der Waals surface area (Å²) in [6.07, 6.45) is 6.45. The van der Waals surface area contributed by atoms with Crippen LogP contribution >= 0.6 is 0 Å². The lowest BCUT2D eigenvalue weighted by Gasteiger charge is -2.61. The molecule has 122 valence electrons. The molecule has 0 aromatic rings. The van der Waals surface area contributed by atoms with Crippen molar-refractivity contribution in [1.29, 1.82) is 0 Å². The lowest BCUT2D eigenvalue weighted by molar-refractivity contribution is -0.175. The Labute approximate surface area is 129 Å². The zero-order valence-electron chi connectivity index (χ0n) is 14.4. The van der Waals surface area contributed by atoms with E-state index in [1.807, 2.05) is 6.92 Å². The largest absolute Gasteiger partial charge is 0.466 e. The Kier molecular flexibility index (Phi) is 4.45. The Bertz CT molecular complexity index is 399. The molecule has 1 N–H and O–H groups in total. The second-order valence-electron chi connectivity index (χ2n) is 8.48. The van der Waals surface area contributed by atoms with Gasteiger partial charge in [0.2, 0.25) is 0 Å². The van der Waals surface area contributed by atoms with Crippen LogP contribution in [-0.4, -0.2) is 23.3 Å². The normalized spacial score (nSPS) is 42.2. The third-order valence-corrected chi connectivity index (χ3v) is 6.47. The molecule has 21 heavy (non-hydrogen) atoms. The zero-order chi connectivity index (χ0) is 15.9. The van der Waals surface area contributed by atoms with Gasteiger partial charge in [0, 0.05) is 6.92 Å². The Morgan fingerprint density at radius 2 is 1.86 bits per heavy atom. The molecule has 2 saturated carbocycles. The second-order valence-corrected chi connectivity index (χ2v) is 8.48. The molecule has 0 saturated heterocycles. The molecule has 3 heteroatoms. The minimum Gasteiger partial charge on any atom is -0.466 e. The molecule has 2 fully saturated rings. The summed E-state index contributed by atoms with van der Waals surface area (Å²) in [5, 5.41) is 10.9. The lowest BCUT2D eigenvalue weighted by atomic mass is 9.45. The number of esters is 1. The molecule has 0 spiro atoms. The lowest BCUT2D eigenvalue weighted by Crippen LogP contribution is -2.57. The van der Waals surface area contributed by atoms with E-state index in [1.165, 1.54) is 26.2 Å². The molecule has 0 bridgehead atoms. The minimum absolute atomic E-state index is 0.156. The highest BCUT2D eigenvalue weighted by Gasteiger charge is 2.57. The van der Waals surface area contributed by atoms with Gasteiger partial charge in [-0.2, -0.15) is 0 Å². The van der Waals surface area contributed by atoms with Crippen molar-refractivity contribution in [3.8, 4) is 0 Å². The summed E-state index contributed by atoms with van der Waals surface area (Å²) in [5.74, 6) is 0.639. The molecule has 0 amide bonds. The Morgan fingerprint density at radius 3 is 2.48 bits per heavy atom. The van der Waals surface area contributed by atoms with E-state index in [4.69, 9.17) is 4.74 Å². The maximum absolute atomic E-state index is 11.0. The highest BCUT2D eigenvalue weighted by atomic mass is 16.5. The smallest absolute Gasteiger partial charge is 0.302 e. The fraction of sp³-hybridized carbons (Fsp3) is 0.944. The highest BCUT2D eigenvalue weighted by molar-refractivity contribution is 5.65. The minimum atomic E-state index is -0.640. The predicted octanol–water partition coefficient (Wildman–Crippen LogP) is 3.93. The number of aliphatic hydroxyl groups is 1. The maximum Gasteiger partial charge on any atom is 0.302 e. The van der Waals surface area contributed by atoms with Gasteiger partial charge in [0.15, 0.2) is 0 Å². The molecule has 0 heterocycles. The number of rotatable bonds is 3. The molecule has 0 radical (unpaired) electrons. The van der Waals surface area contributed by atoms with Gasteiger partial charge in [-0.1, -0.05) is 27.2 Å². The molecule has 0 unspecified atom stereocenters. The van der Waals surface area contributed by atoms with Crippen LogP contribution in [0.2, 0.25) is 0 Å². The summed E-state index contributed by atoms with van der Waals surface area (Å²) in [7, 11) is 0. The quantitative estimate of drug-likeness (QED) is 0.803. The topological polar surface area (TPSA) is 46.5 Å². The van der Waals surface area contributed by atoms with E-state index >= 15 is 0 Å². The molecular formula is C18H32O3. The third-order valence-electron chi connectivity index (χ3n) is 6.47. The van der Waals surface area contributed by atoms with Crippen molar-refractivity contribution in [3.05, 3.63) is 0 Å². The van der Waals surface area contributed by atoms with Crippen molar-refractivity contribution >= 4 is 5.97 Å². The second kappa shape index (κ2) is 5.57. The first-order valence-electron chi connectivity index (χ1n) is 8.45. The van der Waals surface area contributed by atoms with E-state index in [0.717, 1.165) is 19.3 Å². The van der Waals surface area contributed by atoms with Gasteiger partial charge in [0.05, 0.1) is 12.2 Å². The third kappa shape index (κ3) is 3.13. The van der Waals surface area contributed by atoms with E-state index in [0.29, 0.717) is 17.9 Å². The van der Waals surface area contributed by atoms with Crippen LogP contribution in [0.4, 0.5) is 0 Å². The van der Waals surface area contributed by atoms with E-state index < -0.39 is 5.60 Å². The maximum atomic E-state index is 11.0. The van der Waals surface area contributed by atoms with Crippen molar-refractivity contribution in [3.63, 3.8) is 0 Å². The molecule has 0 aliphatic heterocycles. The van der Waals surface area contributed by atoms with Gasteiger partial charge in [0.25, 0.3) is 0 Å². The van der Waals surface area contributed by atoms with Crippen LogP contribution in [0.5, 0.6) is 0 Å². The molecule has 2 aliphatic carbocycles. The molecule has 3 nitrogen and oxygen atoms in total. The Hall–Kier alpha value is -0.570. The fourth-order valence-corrected chi connectivity index (χ4v) is 5.59. The van der Waals surface area contributed by atoms with Crippen molar-refractivity contribution in [2.75, 3.05) is 6.61 Å². The van der Waals surface area contributed by atoms with Crippen LogP contribution in [-0.2, 0) is 9.53 Å². The number of carbonyl (C=O) groups excluding carboxylic acids is 1. The van der Waals surface area contributed by atoms with Crippen LogP contribution in [0.25, 0.3) is 0 Å². The summed E-state index contributed by atoms with van der Waals surface area (Å²) in [5.41, 5.74) is -0.133. The van der Waals surface area contributed by atoms with Crippen molar-refractivity contribution < 1.29 is 14.6 Å². The van der Waals surface area contributed by atoms with Gasteiger partial charge in [-0.25, -0.2) is 0 Å². The number of hydrogen-bond acceptors (Lipinski definition) is 3. The first-order valence-corrected chi connectivity index (χ1v) is 8.45. The molecule has 2 aliphatic rings. The molecule has 2 rings (SSSR count). The van der Waals surface area contributed by atoms with Gasteiger partial charge < -0.3 is 9.84 Å². The first kappa shape index (κ1) is 16.8. The van der Waals surface area contributed by atoms with Gasteiger partial charge in [-0.15, -0.1) is 0 Å². The van der Waals surface area contributed by atoms with Gasteiger partial charge in [-0.3, -0.25) is 4.79 Å². The number of carbonyl (C=O) groups is 1. The predicted molar refractivity (Wildman–Crippen MR) is 83.8 cm³/mol. The van der Waals surface area contributed by atoms with Crippen LogP contribution in [0.1, 0.15) is 73.1 Å². The molecule has 0 aromatic carbocycles. The van der Waals surface area contributed by atoms with Gasteiger partial charge in [0.1, 0.15) is 0 Å². The number of hydrogen-bond donors (Lipinski definition) is 1. The summed E-state index contributed by atoms with van der Waals surface area (Å²) >= 11 is 0. The summed E-state index contributed by atoms with van der Waals surface area (Å²) in [4.78, 5) is 11.0. The molecule has 0 aromatic heterocycles. The van der Waals surface area contributed by atoms with Crippen LogP contribution in [0.15, 0.2) is 0 Å². The SMILES string of the molecule is CC(=O)OCC[C@H]1[C@@]2(C)CCCC(C)(C)[C@H]2CC[C@@]1(C)O. The Balaban J connectivity index is 2.22. The summed E-state index contributed by atoms with van der Waals surface area (Å²) in [6.45, 7) is 11.0. The monoisotopic (exact) mass is 296 g/mol. The van der Waals surface area contributed by atoms with Crippen molar-refractivity contribution in [2.45, 2.75) is 78.7 Å². The zero-order valence-corrected chi connectivity index (χ0v) is 14.4. The van der Waals surface area contributed by atoms with E-state index in [9.17, 15) is 9.90 Å². The van der Waals surface area contributed by atoms with Crippen LogP contribution in [0.3, 0.4) is 0 Å². The van der Waals surface area contributed by atoms with E-state index in [-0.39, 0.29) is 17.3 Å². The van der Waals surface area contributed by atoms with Crippen molar-refractivity contribution in [2.24, 2.45) is 22.7 Å². The first-order chi connectivity index (χ1) is 9.59. The summed E-state index contributed by atoms with van der Waals surface area (Å²) in [6, 6.07) is 0. The average Bonchev–Trinajstić information content (AvgIpc) is 2.31. The highest BCUT2D eigenvalue weighted by Crippen LogP contribution is 2.62. The van der Waals surface area contributed by atoms with Crippen LogP contribution in [0, 0.1) is 22.7 Å². The van der Waals surface area contributed by atoms with Crippen molar-refractivity contribution in [1.82, 2.24) is 0 Å². The fourth-order valence-electron chi connectivity index (χ4n) is 5.59. The van der Waals surface area contributed by atoms with Gasteiger partial charge >= 0.3 is 5.97 Å². The van der Waals surface area contributed by atoms with E-state index in [2.05, 4.69) is 20.8 Å². The Morgan fingerprint density at radius 1 is 1.19 bits per heavy atom. The standard InChI is InChI=1S/C18H32O3/c1-13(19)21-12-8-15-17(4)10-6-9-16(2,3)14(17)7-11-18(15,5)20/h14-15,20H,6-12H2,1-5H3/t14-,15+,17+,18-/m1/s1. The number of ether oxygens (including phenoxy) is 1. The molecule has 4 atom stereocenters. The van der Waals surface area contributed by atoms with Gasteiger partial charge in [-0.05, 0) is 61.7 Å². The van der Waals surface area contributed by atoms with E-state index in [1.54, 1.807) is 0 Å². The number of fused-ring (bicyclic) bond motifs is 1. The summed E-state index contributed by atoms with van der Waals surface area (Å²) < 4.78 is 5.16.